The molecule has 1 atom stereocenters. The highest BCUT2D eigenvalue weighted by atomic mass is 79.9. The number of Topliss-reactive ketones (excluding diaryl/α,β-unsaturated/α-hetero) is 1. The van der Waals surface area contributed by atoms with Crippen LogP contribution in [0.15, 0.2) is 18.2 Å². The maximum absolute atomic E-state index is 12.2. The Morgan fingerprint density at radius 3 is 2.43 bits per heavy atom. The molecular weight excluding hydrogens is 361 g/mol. The normalized spacial score (nSPS) is 12.8. The predicted molar refractivity (Wildman–Crippen MR) is 68.5 cm³/mol. The largest absolute Gasteiger partial charge is 0.573 e. The molecule has 1 unspecified atom stereocenters. The fourth-order valence-corrected chi connectivity index (χ4v) is 1.93. The van der Waals surface area contributed by atoms with Gasteiger partial charge in [-0.1, -0.05) is 22.0 Å². The first-order valence-corrected chi connectivity index (χ1v) is 6.67. The first kappa shape index (κ1) is 17.4. The summed E-state index contributed by atoms with van der Waals surface area (Å²) >= 11 is 2.99. The summed E-state index contributed by atoms with van der Waals surface area (Å²) < 4.78 is 40.1. The van der Waals surface area contributed by atoms with Gasteiger partial charge in [0.15, 0.2) is 11.9 Å². The molecule has 1 rings (SSSR count). The van der Waals surface area contributed by atoms with E-state index in [1.165, 1.54) is 0 Å². The number of aliphatic carboxylic acids is 1. The van der Waals surface area contributed by atoms with Crippen molar-refractivity contribution < 1.29 is 37.7 Å². The molecule has 0 aliphatic carbocycles. The van der Waals surface area contributed by atoms with E-state index in [-0.39, 0.29) is 22.9 Å². The number of rotatable bonds is 6. The third kappa shape index (κ3) is 5.01. The standard InChI is InChI=1S/C12H10BrF3O5/c13-4-3-9(17)8-5-6(21-12(14,15)16)1-2-7(8)10(18)11(19)20/h1-2,5,10,18H,3-4H2,(H,19,20). The fourth-order valence-electron chi connectivity index (χ4n) is 1.57. The van der Waals surface area contributed by atoms with Crippen LogP contribution in [0.1, 0.15) is 28.4 Å². The van der Waals surface area contributed by atoms with Gasteiger partial charge in [0.2, 0.25) is 0 Å². The highest BCUT2D eigenvalue weighted by Gasteiger charge is 2.32. The lowest BCUT2D eigenvalue weighted by molar-refractivity contribution is -0.274. The molecule has 0 radical (unpaired) electrons. The molecule has 2 N–H and O–H groups in total. The number of carboxylic acids is 1. The number of carbonyl (C=O) groups excluding carboxylic acids is 1. The minimum absolute atomic E-state index is 0.0746. The van der Waals surface area contributed by atoms with Crippen LogP contribution in [0.5, 0.6) is 5.75 Å². The van der Waals surface area contributed by atoms with Crippen LogP contribution in [0.2, 0.25) is 0 Å². The lowest BCUT2D eigenvalue weighted by atomic mass is 9.97. The van der Waals surface area contributed by atoms with E-state index in [4.69, 9.17) is 5.11 Å². The topological polar surface area (TPSA) is 83.8 Å². The van der Waals surface area contributed by atoms with Gasteiger partial charge in [-0.05, 0) is 12.1 Å². The van der Waals surface area contributed by atoms with Gasteiger partial charge in [-0.3, -0.25) is 4.79 Å². The van der Waals surface area contributed by atoms with Crippen LogP contribution in [0, 0.1) is 0 Å². The van der Waals surface area contributed by atoms with Crippen molar-refractivity contribution in [1.82, 2.24) is 0 Å². The summed E-state index contributed by atoms with van der Waals surface area (Å²) in [5.41, 5.74) is -0.617. The van der Waals surface area contributed by atoms with Gasteiger partial charge in [0.05, 0.1) is 0 Å². The number of carbonyl (C=O) groups is 2. The van der Waals surface area contributed by atoms with Crippen molar-refractivity contribution in [1.29, 1.82) is 0 Å². The van der Waals surface area contributed by atoms with Crippen LogP contribution in [-0.4, -0.2) is 33.7 Å². The molecule has 1 aromatic carbocycles. The monoisotopic (exact) mass is 370 g/mol. The molecule has 5 nitrogen and oxygen atoms in total. The summed E-state index contributed by atoms with van der Waals surface area (Å²) in [6.45, 7) is 0. The minimum atomic E-state index is -4.94. The molecule has 0 spiro atoms. The zero-order valence-corrected chi connectivity index (χ0v) is 11.9. The van der Waals surface area contributed by atoms with E-state index in [9.17, 15) is 27.9 Å². The first-order valence-electron chi connectivity index (χ1n) is 5.55. The van der Waals surface area contributed by atoms with Crippen molar-refractivity contribution >= 4 is 27.7 Å². The van der Waals surface area contributed by atoms with E-state index in [1.54, 1.807) is 0 Å². The molecule has 0 aliphatic heterocycles. The third-order valence-electron chi connectivity index (χ3n) is 2.41. The molecule has 0 amide bonds. The average molecular weight is 371 g/mol. The molecule has 0 fully saturated rings. The highest BCUT2D eigenvalue weighted by molar-refractivity contribution is 9.09. The van der Waals surface area contributed by atoms with Gasteiger partial charge < -0.3 is 14.9 Å². The average Bonchev–Trinajstić information content (AvgIpc) is 2.36. The van der Waals surface area contributed by atoms with Gasteiger partial charge in [-0.2, -0.15) is 0 Å². The number of hydrogen-bond acceptors (Lipinski definition) is 4. The minimum Gasteiger partial charge on any atom is -0.479 e. The molecule has 9 heteroatoms. The fraction of sp³-hybridized carbons (Fsp3) is 0.333. The van der Waals surface area contributed by atoms with E-state index >= 15 is 0 Å². The number of aliphatic hydroxyl groups excluding tert-OH is 1. The van der Waals surface area contributed by atoms with Gasteiger partial charge in [-0.15, -0.1) is 13.2 Å². The van der Waals surface area contributed by atoms with E-state index in [1.807, 2.05) is 0 Å². The lowest BCUT2D eigenvalue weighted by Gasteiger charge is -2.14. The summed E-state index contributed by atoms with van der Waals surface area (Å²) in [6, 6.07) is 2.52. The summed E-state index contributed by atoms with van der Waals surface area (Å²) in [4.78, 5) is 22.6. The number of ketones is 1. The Balaban J connectivity index is 3.26. The Labute approximate surface area is 125 Å². The number of aliphatic hydroxyl groups is 1. The number of carboxylic acid groups (broad SMARTS) is 1. The van der Waals surface area contributed by atoms with E-state index in [2.05, 4.69) is 20.7 Å². The van der Waals surface area contributed by atoms with Gasteiger partial charge in [0, 0.05) is 22.9 Å². The summed E-state index contributed by atoms with van der Waals surface area (Å²) in [6.07, 6.45) is -7.03. The summed E-state index contributed by atoms with van der Waals surface area (Å²) in [5, 5.41) is 18.5. The van der Waals surface area contributed by atoms with Gasteiger partial charge in [0.25, 0.3) is 0 Å². The Hall–Kier alpha value is -1.61. The highest BCUT2D eigenvalue weighted by Crippen LogP contribution is 2.28. The van der Waals surface area contributed by atoms with Crippen molar-refractivity contribution in [2.45, 2.75) is 18.9 Å². The maximum Gasteiger partial charge on any atom is 0.573 e. The van der Waals surface area contributed by atoms with Crippen molar-refractivity contribution in [3.05, 3.63) is 29.3 Å². The molecule has 0 aliphatic rings. The number of alkyl halides is 4. The molecule has 116 valence electrons. The second kappa shape index (κ2) is 6.90. The first-order chi connectivity index (χ1) is 9.65. The second-order valence-corrected chi connectivity index (χ2v) is 4.69. The second-order valence-electron chi connectivity index (χ2n) is 3.90. The predicted octanol–water partition coefficient (Wildman–Crippen LogP) is 2.67. The maximum atomic E-state index is 12.2. The molecule has 0 aromatic heterocycles. The van der Waals surface area contributed by atoms with Crippen LogP contribution < -0.4 is 4.74 Å². The number of halogens is 4. The molecule has 0 heterocycles. The third-order valence-corrected chi connectivity index (χ3v) is 2.81. The Morgan fingerprint density at radius 1 is 1.33 bits per heavy atom. The summed E-state index contributed by atoms with van der Waals surface area (Å²) in [5.74, 6) is -2.90. The van der Waals surface area contributed by atoms with Crippen LogP contribution >= 0.6 is 15.9 Å². The summed E-state index contributed by atoms with van der Waals surface area (Å²) in [7, 11) is 0. The van der Waals surface area contributed by atoms with E-state index in [0.717, 1.165) is 18.2 Å². The van der Waals surface area contributed by atoms with Crippen LogP contribution in [0.3, 0.4) is 0 Å². The number of hydrogen-bond donors (Lipinski definition) is 2. The Kier molecular flexibility index (Phi) is 5.73. The molecule has 1 aromatic rings. The van der Waals surface area contributed by atoms with Crippen molar-refractivity contribution in [2.75, 3.05) is 5.33 Å². The Morgan fingerprint density at radius 2 is 1.95 bits per heavy atom. The number of benzene rings is 1. The number of ether oxygens (including phenoxy) is 1. The zero-order chi connectivity index (χ0) is 16.2. The van der Waals surface area contributed by atoms with Crippen LogP contribution in [0.25, 0.3) is 0 Å². The van der Waals surface area contributed by atoms with Crippen molar-refractivity contribution in [3.8, 4) is 5.75 Å². The Bertz CT molecular complexity index is 544. The van der Waals surface area contributed by atoms with Crippen LogP contribution in [0.4, 0.5) is 13.2 Å². The van der Waals surface area contributed by atoms with Gasteiger partial charge >= 0.3 is 12.3 Å². The van der Waals surface area contributed by atoms with Crippen molar-refractivity contribution in [2.24, 2.45) is 0 Å². The quantitative estimate of drug-likeness (QED) is 0.594. The van der Waals surface area contributed by atoms with E-state index in [0.29, 0.717) is 0 Å². The molecule has 0 saturated heterocycles. The van der Waals surface area contributed by atoms with E-state index < -0.39 is 30.0 Å². The SMILES string of the molecule is O=C(CCBr)c1cc(OC(F)(F)F)ccc1C(O)C(=O)O. The lowest BCUT2D eigenvalue weighted by Crippen LogP contribution is -2.19. The molecule has 0 bridgehead atoms. The molecule has 0 saturated carbocycles. The van der Waals surface area contributed by atoms with Crippen molar-refractivity contribution in [3.63, 3.8) is 0 Å². The van der Waals surface area contributed by atoms with Crippen LogP contribution in [-0.2, 0) is 4.79 Å². The zero-order valence-electron chi connectivity index (χ0n) is 10.4. The van der Waals surface area contributed by atoms with Gasteiger partial charge in [0.1, 0.15) is 5.75 Å². The van der Waals surface area contributed by atoms with Gasteiger partial charge in [-0.25, -0.2) is 4.79 Å². The smallest absolute Gasteiger partial charge is 0.479 e. The molecular formula is C12H10BrF3O5. The molecule has 21 heavy (non-hydrogen) atoms.